The van der Waals surface area contributed by atoms with Crippen LogP contribution in [-0.2, 0) is 0 Å². The Morgan fingerprint density at radius 3 is 2.62 bits per heavy atom. The lowest BCUT2D eigenvalue weighted by Crippen LogP contribution is -2.21. The molecule has 16 heavy (non-hydrogen) atoms. The molecule has 0 spiro atoms. The minimum atomic E-state index is -0.282. The molecule has 1 aromatic heterocycles. The second-order valence-corrected chi connectivity index (χ2v) is 4.61. The van der Waals surface area contributed by atoms with E-state index in [0.717, 1.165) is 18.2 Å². The maximum Gasteiger partial charge on any atom is 0.141 e. The van der Waals surface area contributed by atoms with Gasteiger partial charge in [-0.25, -0.2) is 4.39 Å². The van der Waals surface area contributed by atoms with E-state index < -0.39 is 0 Å². The largest absolute Gasteiger partial charge is 0.309 e. The van der Waals surface area contributed by atoms with Crippen molar-refractivity contribution in [2.45, 2.75) is 39.7 Å². The number of nitrogens with one attached hydrogen (secondary N) is 1. The molecule has 0 aliphatic rings. The van der Waals surface area contributed by atoms with Crippen LogP contribution in [0.1, 0.15) is 45.3 Å². The third-order valence-corrected chi connectivity index (χ3v) is 2.60. The molecule has 1 rings (SSSR count). The number of pyridine rings is 1. The SMILES string of the molecule is CC(C)CCCNC(C)c1ccc(F)cn1. The lowest BCUT2D eigenvalue weighted by atomic mass is 10.1. The van der Waals surface area contributed by atoms with Gasteiger partial charge in [0, 0.05) is 6.04 Å². The average molecular weight is 224 g/mol. The molecule has 90 valence electrons. The fourth-order valence-corrected chi connectivity index (χ4v) is 1.58. The summed E-state index contributed by atoms with van der Waals surface area (Å²) in [5.74, 6) is 0.469. The molecule has 0 saturated carbocycles. The molecule has 3 heteroatoms. The Bertz CT molecular complexity index is 295. The van der Waals surface area contributed by atoms with Gasteiger partial charge in [0.25, 0.3) is 0 Å². The van der Waals surface area contributed by atoms with Gasteiger partial charge in [-0.1, -0.05) is 13.8 Å². The summed E-state index contributed by atoms with van der Waals surface area (Å²) in [4.78, 5) is 4.05. The molecule has 1 unspecified atom stereocenters. The van der Waals surface area contributed by atoms with E-state index >= 15 is 0 Å². The molecule has 0 bridgehead atoms. The normalized spacial score (nSPS) is 13.1. The first-order valence-electron chi connectivity index (χ1n) is 5.94. The van der Waals surface area contributed by atoms with Gasteiger partial charge < -0.3 is 5.32 Å². The zero-order chi connectivity index (χ0) is 12.0. The van der Waals surface area contributed by atoms with Crippen molar-refractivity contribution >= 4 is 0 Å². The van der Waals surface area contributed by atoms with Gasteiger partial charge in [0.2, 0.25) is 0 Å². The molecule has 1 atom stereocenters. The molecule has 0 radical (unpaired) electrons. The number of halogens is 1. The van der Waals surface area contributed by atoms with E-state index in [4.69, 9.17) is 0 Å². The Labute approximate surface area is 97.3 Å². The van der Waals surface area contributed by atoms with Crippen LogP contribution in [0.15, 0.2) is 18.3 Å². The summed E-state index contributed by atoms with van der Waals surface area (Å²) in [6.45, 7) is 7.49. The van der Waals surface area contributed by atoms with Crippen molar-refractivity contribution in [1.82, 2.24) is 10.3 Å². The second-order valence-electron chi connectivity index (χ2n) is 4.61. The highest BCUT2D eigenvalue weighted by Gasteiger charge is 2.05. The van der Waals surface area contributed by atoms with Crippen molar-refractivity contribution in [2.24, 2.45) is 5.92 Å². The zero-order valence-electron chi connectivity index (χ0n) is 10.3. The van der Waals surface area contributed by atoms with Crippen LogP contribution in [0.3, 0.4) is 0 Å². The topological polar surface area (TPSA) is 24.9 Å². The Morgan fingerprint density at radius 2 is 2.06 bits per heavy atom. The van der Waals surface area contributed by atoms with E-state index in [9.17, 15) is 4.39 Å². The quantitative estimate of drug-likeness (QED) is 0.750. The van der Waals surface area contributed by atoms with Crippen LogP contribution in [0.5, 0.6) is 0 Å². The average Bonchev–Trinajstić information content (AvgIpc) is 2.25. The third-order valence-electron chi connectivity index (χ3n) is 2.60. The van der Waals surface area contributed by atoms with E-state index in [-0.39, 0.29) is 11.9 Å². The highest BCUT2D eigenvalue weighted by Crippen LogP contribution is 2.10. The van der Waals surface area contributed by atoms with Gasteiger partial charge in [-0.2, -0.15) is 0 Å². The van der Waals surface area contributed by atoms with Gasteiger partial charge in [-0.05, 0) is 44.4 Å². The Morgan fingerprint density at radius 1 is 1.31 bits per heavy atom. The predicted octanol–water partition coefficient (Wildman–Crippen LogP) is 3.31. The maximum atomic E-state index is 12.7. The monoisotopic (exact) mass is 224 g/mol. The van der Waals surface area contributed by atoms with Gasteiger partial charge in [0.05, 0.1) is 11.9 Å². The molecule has 0 fully saturated rings. The van der Waals surface area contributed by atoms with Crippen molar-refractivity contribution in [2.75, 3.05) is 6.54 Å². The Hall–Kier alpha value is -0.960. The minimum absolute atomic E-state index is 0.188. The Kier molecular flexibility index (Phi) is 5.39. The predicted molar refractivity (Wildman–Crippen MR) is 64.7 cm³/mol. The van der Waals surface area contributed by atoms with Crippen molar-refractivity contribution in [3.05, 3.63) is 29.8 Å². The smallest absolute Gasteiger partial charge is 0.141 e. The van der Waals surface area contributed by atoms with E-state index in [1.807, 2.05) is 0 Å². The van der Waals surface area contributed by atoms with Crippen LogP contribution in [0.25, 0.3) is 0 Å². The lowest BCUT2D eigenvalue weighted by molar-refractivity contribution is 0.492. The van der Waals surface area contributed by atoms with Gasteiger partial charge in [0.15, 0.2) is 0 Å². The highest BCUT2D eigenvalue weighted by molar-refractivity contribution is 5.08. The summed E-state index contributed by atoms with van der Waals surface area (Å²) in [6, 6.07) is 3.37. The number of nitrogens with zero attached hydrogens (tertiary/aromatic N) is 1. The highest BCUT2D eigenvalue weighted by atomic mass is 19.1. The summed E-state index contributed by atoms with van der Waals surface area (Å²) in [5, 5.41) is 3.39. The second kappa shape index (κ2) is 6.59. The molecular formula is C13H21FN2. The first kappa shape index (κ1) is 13.1. The van der Waals surface area contributed by atoms with Gasteiger partial charge in [-0.15, -0.1) is 0 Å². The van der Waals surface area contributed by atoms with Crippen LogP contribution >= 0.6 is 0 Å². The number of hydrogen-bond donors (Lipinski definition) is 1. The van der Waals surface area contributed by atoms with Crippen LogP contribution in [0, 0.1) is 11.7 Å². The summed E-state index contributed by atoms with van der Waals surface area (Å²) in [5.41, 5.74) is 0.894. The standard InChI is InChI=1S/C13H21FN2/c1-10(2)5-4-8-15-11(3)13-7-6-12(14)9-16-13/h6-7,9-11,15H,4-5,8H2,1-3H3. The van der Waals surface area contributed by atoms with Crippen LogP contribution in [0.4, 0.5) is 4.39 Å². The number of rotatable bonds is 6. The number of aromatic nitrogens is 1. The van der Waals surface area contributed by atoms with Crippen molar-refractivity contribution in [3.8, 4) is 0 Å². The van der Waals surface area contributed by atoms with Crippen molar-refractivity contribution in [3.63, 3.8) is 0 Å². The van der Waals surface area contributed by atoms with Gasteiger partial charge in [-0.3, -0.25) is 4.98 Å². The molecule has 0 aliphatic heterocycles. The molecular weight excluding hydrogens is 203 g/mol. The minimum Gasteiger partial charge on any atom is -0.309 e. The van der Waals surface area contributed by atoms with E-state index in [2.05, 4.69) is 31.1 Å². The van der Waals surface area contributed by atoms with Crippen LogP contribution in [0.2, 0.25) is 0 Å². The van der Waals surface area contributed by atoms with Crippen molar-refractivity contribution < 1.29 is 4.39 Å². The fourth-order valence-electron chi connectivity index (χ4n) is 1.58. The molecule has 1 aromatic rings. The zero-order valence-corrected chi connectivity index (χ0v) is 10.3. The lowest BCUT2D eigenvalue weighted by Gasteiger charge is -2.13. The molecule has 0 amide bonds. The molecule has 0 saturated heterocycles. The van der Waals surface area contributed by atoms with Crippen LogP contribution < -0.4 is 5.32 Å². The van der Waals surface area contributed by atoms with Gasteiger partial charge in [0.1, 0.15) is 5.82 Å². The number of hydrogen-bond acceptors (Lipinski definition) is 2. The summed E-state index contributed by atoms with van der Waals surface area (Å²) in [7, 11) is 0. The first-order valence-corrected chi connectivity index (χ1v) is 5.94. The van der Waals surface area contributed by atoms with Crippen molar-refractivity contribution in [1.29, 1.82) is 0 Å². The van der Waals surface area contributed by atoms with Gasteiger partial charge >= 0.3 is 0 Å². The van der Waals surface area contributed by atoms with E-state index in [0.29, 0.717) is 0 Å². The fraction of sp³-hybridized carbons (Fsp3) is 0.615. The third kappa shape index (κ3) is 4.71. The van der Waals surface area contributed by atoms with E-state index in [1.54, 1.807) is 6.07 Å². The molecule has 0 aliphatic carbocycles. The van der Waals surface area contributed by atoms with Crippen LogP contribution in [-0.4, -0.2) is 11.5 Å². The summed E-state index contributed by atoms with van der Waals surface area (Å²) >= 11 is 0. The maximum absolute atomic E-state index is 12.7. The van der Waals surface area contributed by atoms with E-state index in [1.165, 1.54) is 25.1 Å². The summed E-state index contributed by atoms with van der Waals surface area (Å²) in [6.07, 6.45) is 3.67. The molecule has 2 nitrogen and oxygen atoms in total. The first-order chi connectivity index (χ1) is 7.59. The molecule has 1 heterocycles. The summed E-state index contributed by atoms with van der Waals surface area (Å²) < 4.78 is 12.7. The molecule has 1 N–H and O–H groups in total. The Balaban J connectivity index is 2.29. The molecule has 0 aromatic carbocycles.